The van der Waals surface area contributed by atoms with E-state index in [1.807, 2.05) is 0 Å². The summed E-state index contributed by atoms with van der Waals surface area (Å²) in [6.07, 6.45) is 2.80. The molecule has 1 aromatic heterocycles. The fraction of sp³-hybridized carbons (Fsp3) is 0.737. The number of nitrogens with two attached hydrogens (primary N) is 1. The summed E-state index contributed by atoms with van der Waals surface area (Å²) in [6.45, 7) is 10.9. The second-order valence-corrected chi connectivity index (χ2v) is 8.22. The number of guanidine groups is 1. The second-order valence-electron chi connectivity index (χ2n) is 7.24. The molecule has 0 bridgehead atoms. The smallest absolute Gasteiger partial charge is 0.188 e. The highest BCUT2D eigenvalue weighted by molar-refractivity contribution is 14.0. The van der Waals surface area contributed by atoms with Gasteiger partial charge in [-0.05, 0) is 44.3 Å². The van der Waals surface area contributed by atoms with Gasteiger partial charge in [-0.3, -0.25) is 14.8 Å². The van der Waals surface area contributed by atoms with E-state index >= 15 is 0 Å². The molecule has 2 aliphatic rings. The Morgan fingerprint density at radius 2 is 2.33 bits per heavy atom. The number of likely N-dealkylation sites (N-methyl/N-ethyl adjacent to an activating group) is 1. The number of aliphatic imine (C=N–C) groups is 1. The van der Waals surface area contributed by atoms with Crippen LogP contribution < -0.4 is 11.1 Å². The first-order valence-corrected chi connectivity index (χ1v) is 10.7. The summed E-state index contributed by atoms with van der Waals surface area (Å²) in [5.41, 5.74) is 6.18. The van der Waals surface area contributed by atoms with Crippen LogP contribution in [0, 0.1) is 0 Å². The van der Waals surface area contributed by atoms with E-state index in [2.05, 4.69) is 51.5 Å². The predicted molar refractivity (Wildman–Crippen MR) is 124 cm³/mol. The highest BCUT2D eigenvalue weighted by atomic mass is 127. The Balaban J connectivity index is 0.00000261. The van der Waals surface area contributed by atoms with Gasteiger partial charge in [-0.25, -0.2) is 0 Å². The number of morpholine rings is 1. The molecule has 0 saturated carbocycles. The first-order valence-electron chi connectivity index (χ1n) is 9.84. The number of nitrogens with one attached hydrogen (secondary N) is 1. The average Bonchev–Trinajstić information content (AvgIpc) is 3.32. The van der Waals surface area contributed by atoms with E-state index in [1.165, 1.54) is 24.3 Å². The lowest BCUT2D eigenvalue weighted by Crippen LogP contribution is -2.45. The van der Waals surface area contributed by atoms with E-state index in [-0.39, 0.29) is 36.1 Å². The number of rotatable bonds is 7. The zero-order chi connectivity index (χ0) is 18.4. The normalized spacial score (nSPS) is 25.9. The van der Waals surface area contributed by atoms with Crippen LogP contribution in [0.2, 0.25) is 0 Å². The number of nitrogens with zero attached hydrogens (tertiary/aromatic N) is 3. The molecule has 27 heavy (non-hydrogen) atoms. The van der Waals surface area contributed by atoms with Gasteiger partial charge in [0.15, 0.2) is 5.96 Å². The van der Waals surface area contributed by atoms with Crippen molar-refractivity contribution in [2.24, 2.45) is 10.7 Å². The van der Waals surface area contributed by atoms with Crippen molar-refractivity contribution in [1.82, 2.24) is 15.1 Å². The van der Waals surface area contributed by atoms with E-state index < -0.39 is 0 Å². The van der Waals surface area contributed by atoms with Crippen molar-refractivity contribution >= 4 is 41.3 Å². The summed E-state index contributed by atoms with van der Waals surface area (Å²) < 4.78 is 5.70. The monoisotopic (exact) mass is 507 g/mol. The summed E-state index contributed by atoms with van der Waals surface area (Å²) in [4.78, 5) is 11.0. The van der Waals surface area contributed by atoms with Gasteiger partial charge in [0.05, 0.1) is 25.3 Å². The third-order valence-corrected chi connectivity index (χ3v) is 6.42. The molecule has 0 radical (unpaired) electrons. The minimum Gasteiger partial charge on any atom is -0.376 e. The Labute approximate surface area is 184 Å². The van der Waals surface area contributed by atoms with Gasteiger partial charge in [-0.2, -0.15) is 0 Å². The summed E-state index contributed by atoms with van der Waals surface area (Å²) in [5, 5.41) is 5.48. The zero-order valence-electron chi connectivity index (χ0n) is 16.5. The molecule has 2 aliphatic heterocycles. The summed E-state index contributed by atoms with van der Waals surface area (Å²) >= 11 is 1.79. The molecule has 2 saturated heterocycles. The van der Waals surface area contributed by atoms with Gasteiger partial charge < -0.3 is 15.8 Å². The van der Waals surface area contributed by atoms with Gasteiger partial charge in [0.2, 0.25) is 0 Å². The number of ether oxygens (including phenoxy) is 1. The Bertz CT molecular complexity index is 570. The Morgan fingerprint density at radius 1 is 1.48 bits per heavy atom. The lowest BCUT2D eigenvalue weighted by molar-refractivity contribution is -0.0327. The standard InChI is InChI=1S/C19H33N5OS.HI/c1-3-23-8-4-6-16(23)12-21-19(20)22-13-17(18-7-5-11-26-18)24-9-10-25-15(2)14-24;/h5,7,11,15-17H,3-4,6,8-10,12-14H2,1-2H3,(H3,20,21,22);1H. The van der Waals surface area contributed by atoms with E-state index in [9.17, 15) is 0 Å². The van der Waals surface area contributed by atoms with Gasteiger partial charge in [-0.1, -0.05) is 13.0 Å². The number of halogens is 1. The molecule has 0 aromatic carbocycles. The van der Waals surface area contributed by atoms with Gasteiger partial charge in [-0.15, -0.1) is 35.3 Å². The molecule has 0 amide bonds. The van der Waals surface area contributed by atoms with Crippen molar-refractivity contribution < 1.29 is 4.74 Å². The SMILES string of the molecule is CCN1CCCC1CNC(N)=NCC(c1cccs1)N1CCOC(C)C1.I. The number of thiophene rings is 1. The van der Waals surface area contributed by atoms with Crippen LogP contribution >= 0.6 is 35.3 Å². The molecule has 6 nitrogen and oxygen atoms in total. The van der Waals surface area contributed by atoms with E-state index in [1.54, 1.807) is 11.3 Å². The van der Waals surface area contributed by atoms with Crippen LogP contribution in [0.25, 0.3) is 0 Å². The molecule has 0 spiro atoms. The zero-order valence-corrected chi connectivity index (χ0v) is 19.6. The summed E-state index contributed by atoms with van der Waals surface area (Å²) in [5.74, 6) is 0.566. The number of hydrogen-bond donors (Lipinski definition) is 2. The minimum atomic E-state index is 0. The fourth-order valence-electron chi connectivity index (χ4n) is 4.00. The highest BCUT2D eigenvalue weighted by Crippen LogP contribution is 2.27. The van der Waals surface area contributed by atoms with Gasteiger partial charge in [0.25, 0.3) is 0 Å². The third kappa shape index (κ3) is 6.56. The van der Waals surface area contributed by atoms with Crippen molar-refractivity contribution in [3.8, 4) is 0 Å². The molecule has 154 valence electrons. The first-order chi connectivity index (χ1) is 12.7. The molecule has 1 aromatic rings. The van der Waals surface area contributed by atoms with E-state index in [0.29, 0.717) is 18.5 Å². The van der Waals surface area contributed by atoms with Crippen molar-refractivity contribution in [1.29, 1.82) is 0 Å². The fourth-order valence-corrected chi connectivity index (χ4v) is 4.85. The van der Waals surface area contributed by atoms with Crippen molar-refractivity contribution in [3.63, 3.8) is 0 Å². The maximum Gasteiger partial charge on any atom is 0.188 e. The van der Waals surface area contributed by atoms with Crippen LogP contribution in [-0.4, -0.2) is 73.8 Å². The topological polar surface area (TPSA) is 66.1 Å². The summed E-state index contributed by atoms with van der Waals surface area (Å²) in [6, 6.07) is 5.18. The van der Waals surface area contributed by atoms with Gasteiger partial charge in [0, 0.05) is 30.6 Å². The Kier molecular flexibility index (Phi) is 9.78. The molecule has 3 heterocycles. The van der Waals surface area contributed by atoms with Gasteiger partial charge in [0.1, 0.15) is 0 Å². The first kappa shape index (κ1) is 22.9. The van der Waals surface area contributed by atoms with E-state index in [0.717, 1.165) is 32.8 Å². The molecule has 3 rings (SSSR count). The van der Waals surface area contributed by atoms with Crippen LogP contribution in [0.4, 0.5) is 0 Å². The largest absolute Gasteiger partial charge is 0.376 e. The van der Waals surface area contributed by atoms with Crippen LogP contribution in [0.1, 0.15) is 37.6 Å². The second kappa shape index (κ2) is 11.5. The Hall–Kier alpha value is -0.420. The maximum atomic E-state index is 6.18. The lowest BCUT2D eigenvalue weighted by Gasteiger charge is -2.36. The quantitative estimate of drug-likeness (QED) is 0.338. The molecular formula is C19H34IN5OS. The molecular weight excluding hydrogens is 473 g/mol. The molecule has 3 unspecified atom stereocenters. The van der Waals surface area contributed by atoms with Gasteiger partial charge >= 0.3 is 0 Å². The third-order valence-electron chi connectivity index (χ3n) is 5.44. The molecule has 8 heteroatoms. The molecule has 0 aliphatic carbocycles. The van der Waals surface area contributed by atoms with Crippen molar-refractivity contribution in [2.45, 2.75) is 44.9 Å². The Morgan fingerprint density at radius 3 is 3.04 bits per heavy atom. The minimum absolute atomic E-state index is 0. The number of likely N-dealkylation sites (tertiary alicyclic amines) is 1. The average molecular weight is 507 g/mol. The predicted octanol–water partition coefficient (Wildman–Crippen LogP) is 2.52. The summed E-state index contributed by atoms with van der Waals surface area (Å²) in [7, 11) is 0. The van der Waals surface area contributed by atoms with Crippen LogP contribution in [-0.2, 0) is 4.74 Å². The van der Waals surface area contributed by atoms with Crippen molar-refractivity contribution in [2.75, 3.05) is 45.9 Å². The highest BCUT2D eigenvalue weighted by Gasteiger charge is 2.26. The van der Waals surface area contributed by atoms with Crippen LogP contribution in [0.3, 0.4) is 0 Å². The van der Waals surface area contributed by atoms with E-state index in [4.69, 9.17) is 10.5 Å². The van der Waals surface area contributed by atoms with Crippen LogP contribution in [0.5, 0.6) is 0 Å². The van der Waals surface area contributed by atoms with Crippen molar-refractivity contribution in [3.05, 3.63) is 22.4 Å². The maximum absolute atomic E-state index is 6.18. The van der Waals surface area contributed by atoms with Crippen LogP contribution in [0.15, 0.2) is 22.5 Å². The number of hydrogen-bond acceptors (Lipinski definition) is 5. The lowest BCUT2D eigenvalue weighted by atomic mass is 10.1. The molecule has 2 fully saturated rings. The molecule has 3 N–H and O–H groups in total. The molecule has 3 atom stereocenters.